The quantitative estimate of drug-likeness (QED) is 0.262. The van der Waals surface area contributed by atoms with Crippen LogP contribution in [-0.2, 0) is 7.05 Å². The molecule has 1 atom stereocenters. The highest BCUT2D eigenvalue weighted by molar-refractivity contribution is 6.29. The molecule has 1 aliphatic rings. The van der Waals surface area contributed by atoms with Crippen LogP contribution in [0, 0.1) is 6.92 Å². The second-order valence-electron chi connectivity index (χ2n) is 11.4. The molecular formula is C32H35ClN8O2. The fourth-order valence-electron chi connectivity index (χ4n) is 6.15. The van der Waals surface area contributed by atoms with E-state index in [1.165, 1.54) is 0 Å². The number of nitrogens with zero attached hydrogens (tertiary/aromatic N) is 6. The number of fused-ring (bicyclic) bond motifs is 3. The first-order valence-electron chi connectivity index (χ1n) is 14.5. The zero-order valence-electron chi connectivity index (χ0n) is 25.0. The van der Waals surface area contributed by atoms with Gasteiger partial charge in [0.05, 0.1) is 23.6 Å². The number of halogens is 1. The van der Waals surface area contributed by atoms with Crippen molar-refractivity contribution in [3.63, 3.8) is 0 Å². The number of carbonyl (C=O) groups excluding carboxylic acids is 1. The Bertz CT molecular complexity index is 1910. The Morgan fingerprint density at radius 1 is 1.07 bits per heavy atom. The van der Waals surface area contributed by atoms with Crippen molar-refractivity contribution in [1.82, 2.24) is 34.5 Å². The number of nitrogens with one attached hydrogen (secondary N) is 2. The van der Waals surface area contributed by atoms with Crippen molar-refractivity contribution in [3.8, 4) is 11.3 Å². The molecule has 0 spiro atoms. The molecule has 1 saturated heterocycles. The maximum Gasteiger partial charge on any atom is 0.269 e. The molecule has 1 amide bonds. The normalized spacial score (nSPS) is 15.2. The average molecular weight is 599 g/mol. The lowest BCUT2D eigenvalue weighted by molar-refractivity contribution is 0.0958. The second-order valence-corrected chi connectivity index (χ2v) is 11.8. The molecule has 0 radical (unpaired) electrons. The average Bonchev–Trinajstić information content (AvgIpc) is 3.45. The van der Waals surface area contributed by atoms with Crippen LogP contribution in [0.5, 0.6) is 0 Å². The van der Waals surface area contributed by atoms with E-state index in [0.717, 1.165) is 64.7 Å². The first kappa shape index (κ1) is 28.8. The van der Waals surface area contributed by atoms with Gasteiger partial charge in [0.15, 0.2) is 0 Å². The number of anilines is 1. The highest BCUT2D eigenvalue weighted by Gasteiger charge is 2.25. The van der Waals surface area contributed by atoms with E-state index in [0.29, 0.717) is 21.9 Å². The Hall–Kier alpha value is -4.28. The lowest BCUT2D eigenvalue weighted by atomic mass is 9.95. The van der Waals surface area contributed by atoms with Gasteiger partial charge in [-0.05, 0) is 88.3 Å². The van der Waals surface area contributed by atoms with Crippen molar-refractivity contribution < 1.29 is 4.79 Å². The summed E-state index contributed by atoms with van der Waals surface area (Å²) in [6.45, 7) is 6.08. The summed E-state index contributed by atoms with van der Waals surface area (Å²) in [7, 11) is 5.55. The number of hydrogen-bond acceptors (Lipinski definition) is 7. The molecule has 1 fully saturated rings. The van der Waals surface area contributed by atoms with Crippen molar-refractivity contribution >= 4 is 45.0 Å². The van der Waals surface area contributed by atoms with Gasteiger partial charge in [0.2, 0.25) is 0 Å². The summed E-state index contributed by atoms with van der Waals surface area (Å²) in [5.41, 5.74) is 5.20. The van der Waals surface area contributed by atoms with Crippen LogP contribution in [-0.4, -0.2) is 62.3 Å². The first-order chi connectivity index (χ1) is 20.7. The van der Waals surface area contributed by atoms with E-state index in [4.69, 9.17) is 16.7 Å². The van der Waals surface area contributed by atoms with Gasteiger partial charge in [0.1, 0.15) is 16.5 Å². The third-order valence-electron chi connectivity index (χ3n) is 8.43. The summed E-state index contributed by atoms with van der Waals surface area (Å²) in [6, 6.07) is 11.2. The predicted molar refractivity (Wildman–Crippen MR) is 171 cm³/mol. The van der Waals surface area contributed by atoms with Gasteiger partial charge < -0.3 is 15.5 Å². The summed E-state index contributed by atoms with van der Waals surface area (Å²) < 4.78 is 3.81. The molecule has 5 heterocycles. The van der Waals surface area contributed by atoms with Crippen LogP contribution < -0.4 is 16.2 Å². The molecule has 11 heteroatoms. The molecule has 1 aromatic carbocycles. The van der Waals surface area contributed by atoms with Crippen molar-refractivity contribution in [2.45, 2.75) is 38.8 Å². The Morgan fingerprint density at radius 2 is 1.84 bits per heavy atom. The molecule has 4 aromatic heterocycles. The smallest absolute Gasteiger partial charge is 0.269 e. The minimum Gasteiger partial charge on any atom is -0.377 e. The van der Waals surface area contributed by atoms with Crippen LogP contribution in [0.2, 0.25) is 5.15 Å². The lowest BCUT2D eigenvalue weighted by Crippen LogP contribution is -2.32. The molecule has 1 aliphatic heterocycles. The van der Waals surface area contributed by atoms with E-state index in [9.17, 15) is 9.59 Å². The van der Waals surface area contributed by atoms with E-state index in [2.05, 4.69) is 50.2 Å². The highest BCUT2D eigenvalue weighted by Crippen LogP contribution is 2.36. The van der Waals surface area contributed by atoms with Crippen molar-refractivity contribution in [3.05, 3.63) is 81.1 Å². The summed E-state index contributed by atoms with van der Waals surface area (Å²) in [5.74, 6) is -0.263. The number of benzene rings is 1. The molecule has 5 aromatic rings. The second kappa shape index (κ2) is 11.4. The third-order valence-corrected chi connectivity index (χ3v) is 8.65. The summed E-state index contributed by atoms with van der Waals surface area (Å²) in [4.78, 5) is 37.1. The Kier molecular flexibility index (Phi) is 7.66. The number of carbonyl (C=O) groups is 1. The maximum absolute atomic E-state index is 13.8. The standard InChI is InChI=1S/C32H35ClN8O2/c1-18-14-22(19(2)37-25-8-9-27(33)38-29(25)20-6-7-26(35-16-20)30(42)34-3)28-23(15-18)32(43)40(5)31-24(28)17-36-41(31)21-10-12-39(4)13-11-21/h6-9,14-17,19,21,37H,10-13H2,1-5H3,(H,34,42). The number of aromatic nitrogens is 5. The van der Waals surface area contributed by atoms with Crippen LogP contribution in [0.3, 0.4) is 0 Å². The molecule has 0 aliphatic carbocycles. The molecule has 43 heavy (non-hydrogen) atoms. The number of pyridine rings is 3. The van der Waals surface area contributed by atoms with Gasteiger partial charge in [0, 0.05) is 48.1 Å². The molecular weight excluding hydrogens is 564 g/mol. The van der Waals surface area contributed by atoms with Crippen LogP contribution in [0.1, 0.15) is 53.5 Å². The number of rotatable bonds is 6. The first-order valence-corrected chi connectivity index (χ1v) is 14.8. The largest absolute Gasteiger partial charge is 0.377 e. The Balaban J connectivity index is 1.45. The van der Waals surface area contributed by atoms with E-state index in [1.54, 1.807) is 36.0 Å². The SMILES string of the molecule is CNC(=O)c1ccc(-c2nc(Cl)ccc2NC(C)c2cc(C)cc3c(=O)n(C)c4c(cnn4C4CCN(C)CC4)c23)cn1. The third kappa shape index (κ3) is 5.25. The highest BCUT2D eigenvalue weighted by atomic mass is 35.5. The zero-order chi connectivity index (χ0) is 30.4. The van der Waals surface area contributed by atoms with E-state index in [-0.39, 0.29) is 23.6 Å². The van der Waals surface area contributed by atoms with E-state index >= 15 is 0 Å². The molecule has 0 bridgehead atoms. The predicted octanol–water partition coefficient (Wildman–Crippen LogP) is 5.11. The molecule has 6 rings (SSSR count). The minimum absolute atomic E-state index is 0.0366. The van der Waals surface area contributed by atoms with Gasteiger partial charge in [-0.25, -0.2) is 9.67 Å². The van der Waals surface area contributed by atoms with Crippen LogP contribution >= 0.6 is 11.6 Å². The van der Waals surface area contributed by atoms with Crippen LogP contribution in [0.4, 0.5) is 5.69 Å². The molecule has 2 N–H and O–H groups in total. The topological polar surface area (TPSA) is 110 Å². The summed E-state index contributed by atoms with van der Waals surface area (Å²) in [5, 5.41) is 13.9. The maximum atomic E-state index is 13.8. The van der Waals surface area contributed by atoms with Crippen LogP contribution in [0.15, 0.2) is 53.6 Å². The van der Waals surface area contributed by atoms with E-state index in [1.807, 2.05) is 32.3 Å². The van der Waals surface area contributed by atoms with Gasteiger partial charge in [-0.2, -0.15) is 5.10 Å². The fraction of sp³-hybridized carbons (Fsp3) is 0.344. The summed E-state index contributed by atoms with van der Waals surface area (Å²) >= 11 is 6.32. The number of piperidine rings is 1. The van der Waals surface area contributed by atoms with Crippen molar-refractivity contribution in [2.24, 2.45) is 7.05 Å². The number of likely N-dealkylation sites (tertiary alicyclic amines) is 1. The number of amides is 1. The van der Waals surface area contributed by atoms with Gasteiger partial charge in [-0.3, -0.25) is 19.1 Å². The number of aryl methyl sites for hydroxylation is 2. The van der Waals surface area contributed by atoms with Gasteiger partial charge in [-0.15, -0.1) is 0 Å². The molecule has 0 saturated carbocycles. The van der Waals surface area contributed by atoms with Gasteiger partial charge in [-0.1, -0.05) is 17.7 Å². The molecule has 1 unspecified atom stereocenters. The van der Waals surface area contributed by atoms with E-state index < -0.39 is 0 Å². The Labute approximate surface area is 254 Å². The molecule has 10 nitrogen and oxygen atoms in total. The molecule has 222 valence electrons. The van der Waals surface area contributed by atoms with Crippen LogP contribution in [0.25, 0.3) is 33.1 Å². The lowest BCUT2D eigenvalue weighted by Gasteiger charge is -2.29. The zero-order valence-corrected chi connectivity index (χ0v) is 25.7. The van der Waals surface area contributed by atoms with Crippen molar-refractivity contribution in [1.29, 1.82) is 0 Å². The Morgan fingerprint density at radius 3 is 2.53 bits per heavy atom. The van der Waals surface area contributed by atoms with Gasteiger partial charge in [0.25, 0.3) is 11.5 Å². The fourth-order valence-corrected chi connectivity index (χ4v) is 6.30. The summed E-state index contributed by atoms with van der Waals surface area (Å²) in [6.07, 6.45) is 5.51. The minimum atomic E-state index is -0.263. The van der Waals surface area contributed by atoms with Gasteiger partial charge >= 0.3 is 0 Å². The van der Waals surface area contributed by atoms with Crippen molar-refractivity contribution in [2.75, 3.05) is 32.5 Å². The monoisotopic (exact) mass is 598 g/mol. The number of hydrogen-bond donors (Lipinski definition) is 2.